The third-order valence-corrected chi connectivity index (χ3v) is 3.46. The quantitative estimate of drug-likeness (QED) is 0.737. The average Bonchev–Trinajstić information content (AvgIpc) is 2.40. The Morgan fingerprint density at radius 3 is 2.47 bits per heavy atom. The summed E-state index contributed by atoms with van der Waals surface area (Å²) in [5, 5.41) is 0.724. The molecule has 0 saturated carbocycles. The number of ketones is 1. The number of hydrogen-bond acceptors (Lipinski definition) is 1. The van der Waals surface area contributed by atoms with Gasteiger partial charge in [0.15, 0.2) is 5.78 Å². The Labute approximate surface area is 119 Å². The molecule has 0 aliphatic carbocycles. The van der Waals surface area contributed by atoms with E-state index in [0.717, 1.165) is 28.1 Å². The van der Waals surface area contributed by atoms with Crippen LogP contribution in [0.5, 0.6) is 0 Å². The van der Waals surface area contributed by atoms with Gasteiger partial charge in [0.25, 0.3) is 0 Å². The molecule has 0 heterocycles. The lowest BCUT2D eigenvalue weighted by molar-refractivity contribution is 0.0929. The zero-order valence-corrected chi connectivity index (χ0v) is 11.9. The Morgan fingerprint density at radius 2 is 1.84 bits per heavy atom. The normalized spacial score (nSPS) is 12.2. The zero-order chi connectivity index (χ0) is 13.8. The Hall–Kier alpha value is -1.60. The van der Waals surface area contributed by atoms with Crippen LogP contribution in [0.3, 0.4) is 0 Å². The van der Waals surface area contributed by atoms with Crippen LogP contribution in [0.1, 0.15) is 28.4 Å². The predicted molar refractivity (Wildman–Crippen MR) is 79.8 cm³/mol. The van der Waals surface area contributed by atoms with Gasteiger partial charge in [-0.25, -0.2) is 0 Å². The molecule has 2 heteroatoms. The van der Waals surface area contributed by atoms with Crippen LogP contribution in [-0.4, -0.2) is 5.78 Å². The maximum atomic E-state index is 12.3. The largest absolute Gasteiger partial charge is 0.294 e. The summed E-state index contributed by atoms with van der Waals surface area (Å²) in [7, 11) is 0. The summed E-state index contributed by atoms with van der Waals surface area (Å²) in [6.07, 6.45) is 0.740. The number of halogens is 1. The van der Waals surface area contributed by atoms with Crippen molar-refractivity contribution in [3.63, 3.8) is 0 Å². The molecule has 1 nitrogen and oxygen atoms in total. The second-order valence-corrected chi connectivity index (χ2v) is 5.40. The Bertz CT molecular complexity index is 572. The van der Waals surface area contributed by atoms with Gasteiger partial charge in [-0.2, -0.15) is 0 Å². The van der Waals surface area contributed by atoms with Gasteiger partial charge < -0.3 is 0 Å². The standard InChI is InChI=1S/C17H17ClO/c1-12-4-3-5-15(10-12)17(19)13(2)11-14-6-8-16(18)9-7-14/h3-10,13H,11H2,1-2H3. The highest BCUT2D eigenvalue weighted by Gasteiger charge is 2.15. The number of carbonyl (C=O) groups excluding carboxylic acids is 1. The Balaban J connectivity index is 2.09. The molecule has 19 heavy (non-hydrogen) atoms. The zero-order valence-electron chi connectivity index (χ0n) is 11.2. The lowest BCUT2D eigenvalue weighted by Gasteiger charge is -2.11. The molecule has 0 radical (unpaired) electrons. The highest BCUT2D eigenvalue weighted by molar-refractivity contribution is 6.30. The molecule has 2 aromatic rings. The third-order valence-electron chi connectivity index (χ3n) is 3.21. The maximum absolute atomic E-state index is 12.3. The van der Waals surface area contributed by atoms with Crippen LogP contribution in [0.15, 0.2) is 48.5 Å². The van der Waals surface area contributed by atoms with Gasteiger partial charge >= 0.3 is 0 Å². The van der Waals surface area contributed by atoms with Crippen molar-refractivity contribution in [2.24, 2.45) is 5.92 Å². The minimum Gasteiger partial charge on any atom is -0.294 e. The van der Waals surface area contributed by atoms with E-state index in [1.807, 2.05) is 62.4 Å². The SMILES string of the molecule is Cc1cccc(C(=O)C(C)Cc2ccc(Cl)cc2)c1. The fraction of sp³-hybridized carbons (Fsp3) is 0.235. The van der Waals surface area contributed by atoms with Crippen LogP contribution in [0, 0.1) is 12.8 Å². The highest BCUT2D eigenvalue weighted by atomic mass is 35.5. The highest BCUT2D eigenvalue weighted by Crippen LogP contribution is 2.17. The van der Waals surface area contributed by atoms with Crippen LogP contribution in [0.25, 0.3) is 0 Å². The minimum atomic E-state index is -0.0250. The molecule has 98 valence electrons. The van der Waals surface area contributed by atoms with Crippen molar-refractivity contribution in [2.75, 3.05) is 0 Å². The molecule has 2 rings (SSSR count). The monoisotopic (exact) mass is 272 g/mol. The van der Waals surface area contributed by atoms with Gasteiger partial charge in [-0.05, 0) is 37.1 Å². The Kier molecular flexibility index (Phi) is 4.39. The topological polar surface area (TPSA) is 17.1 Å². The van der Waals surface area contributed by atoms with Crippen LogP contribution in [0.4, 0.5) is 0 Å². The molecule has 0 bridgehead atoms. The van der Waals surface area contributed by atoms with Crippen LogP contribution in [0.2, 0.25) is 5.02 Å². The van der Waals surface area contributed by atoms with Crippen molar-refractivity contribution in [1.82, 2.24) is 0 Å². The number of rotatable bonds is 4. The van der Waals surface area contributed by atoms with Gasteiger partial charge in [-0.15, -0.1) is 0 Å². The molecule has 0 fully saturated rings. The number of aryl methyl sites for hydroxylation is 1. The van der Waals surface area contributed by atoms with Gasteiger partial charge in [0.05, 0.1) is 0 Å². The average molecular weight is 273 g/mol. The minimum absolute atomic E-state index is 0.0250. The molecule has 0 N–H and O–H groups in total. The predicted octanol–water partition coefficient (Wildman–Crippen LogP) is 4.71. The van der Waals surface area contributed by atoms with E-state index in [9.17, 15) is 4.79 Å². The summed E-state index contributed by atoms with van der Waals surface area (Å²) < 4.78 is 0. The fourth-order valence-electron chi connectivity index (χ4n) is 2.15. The van der Waals surface area contributed by atoms with Crippen LogP contribution in [-0.2, 0) is 6.42 Å². The van der Waals surface area contributed by atoms with Crippen molar-refractivity contribution in [3.05, 3.63) is 70.2 Å². The third kappa shape index (κ3) is 3.68. The summed E-state index contributed by atoms with van der Waals surface area (Å²) in [4.78, 5) is 12.3. The maximum Gasteiger partial charge on any atom is 0.166 e. The Morgan fingerprint density at radius 1 is 1.16 bits per heavy atom. The van der Waals surface area contributed by atoms with Crippen molar-refractivity contribution >= 4 is 17.4 Å². The summed E-state index contributed by atoms with van der Waals surface area (Å²) in [5.74, 6) is 0.168. The van der Waals surface area contributed by atoms with Gasteiger partial charge in [-0.3, -0.25) is 4.79 Å². The molecular formula is C17H17ClO. The first-order valence-corrected chi connectivity index (χ1v) is 6.79. The van der Waals surface area contributed by atoms with Gasteiger partial charge in [0.1, 0.15) is 0 Å². The molecule has 1 unspecified atom stereocenters. The van der Waals surface area contributed by atoms with E-state index in [0.29, 0.717) is 0 Å². The van der Waals surface area contributed by atoms with Crippen molar-refractivity contribution in [1.29, 1.82) is 0 Å². The number of Topliss-reactive ketones (excluding diaryl/α,β-unsaturated/α-hetero) is 1. The summed E-state index contributed by atoms with van der Waals surface area (Å²) in [5.41, 5.74) is 3.05. The second-order valence-electron chi connectivity index (χ2n) is 4.97. The molecule has 0 aromatic heterocycles. The molecule has 2 aromatic carbocycles. The molecule has 0 spiro atoms. The van der Waals surface area contributed by atoms with Gasteiger partial charge in [0, 0.05) is 16.5 Å². The fourth-order valence-corrected chi connectivity index (χ4v) is 2.28. The van der Waals surface area contributed by atoms with E-state index >= 15 is 0 Å². The van der Waals surface area contributed by atoms with E-state index < -0.39 is 0 Å². The molecular weight excluding hydrogens is 256 g/mol. The first kappa shape index (κ1) is 13.8. The van der Waals surface area contributed by atoms with Crippen LogP contribution < -0.4 is 0 Å². The van der Waals surface area contributed by atoms with Crippen molar-refractivity contribution in [3.8, 4) is 0 Å². The summed E-state index contributed by atoms with van der Waals surface area (Å²) in [6, 6.07) is 15.4. The van der Waals surface area contributed by atoms with Crippen molar-refractivity contribution < 1.29 is 4.79 Å². The van der Waals surface area contributed by atoms with E-state index in [4.69, 9.17) is 11.6 Å². The van der Waals surface area contributed by atoms with E-state index in [1.54, 1.807) is 0 Å². The smallest absolute Gasteiger partial charge is 0.166 e. The van der Waals surface area contributed by atoms with Crippen molar-refractivity contribution in [2.45, 2.75) is 20.3 Å². The van der Waals surface area contributed by atoms with E-state index in [-0.39, 0.29) is 11.7 Å². The summed E-state index contributed by atoms with van der Waals surface area (Å²) in [6.45, 7) is 3.97. The summed E-state index contributed by atoms with van der Waals surface area (Å²) >= 11 is 5.86. The lowest BCUT2D eigenvalue weighted by Crippen LogP contribution is -2.14. The first-order valence-electron chi connectivity index (χ1n) is 6.41. The molecule has 0 aliphatic rings. The van der Waals surface area contributed by atoms with Crippen LogP contribution >= 0.6 is 11.6 Å². The number of hydrogen-bond donors (Lipinski definition) is 0. The first-order chi connectivity index (χ1) is 9.06. The lowest BCUT2D eigenvalue weighted by atomic mass is 9.92. The van der Waals surface area contributed by atoms with E-state index in [1.165, 1.54) is 0 Å². The number of carbonyl (C=O) groups is 1. The molecule has 0 saturated heterocycles. The molecule has 1 atom stereocenters. The molecule has 0 amide bonds. The number of benzene rings is 2. The van der Waals surface area contributed by atoms with Gasteiger partial charge in [0.2, 0.25) is 0 Å². The second kappa shape index (κ2) is 6.03. The van der Waals surface area contributed by atoms with Gasteiger partial charge in [-0.1, -0.05) is 54.4 Å². The molecule has 0 aliphatic heterocycles. The van der Waals surface area contributed by atoms with E-state index in [2.05, 4.69) is 0 Å².